The highest BCUT2D eigenvalue weighted by Crippen LogP contribution is 2.25. The molecule has 0 aromatic heterocycles. The fourth-order valence-corrected chi connectivity index (χ4v) is 2.88. The van der Waals surface area contributed by atoms with E-state index in [0.717, 1.165) is 11.1 Å². The minimum atomic E-state index is -0.306. The standard InChI is InChI=1S/C23H22N2O3/c1-15-13-21(28-14-22(26)25-20-11-7-6-10-19(20)24)16(2)12-18(15)23(27)17-8-4-3-5-9-17/h3-13H,14,24H2,1-2H3,(H,25,26). The number of amides is 1. The molecule has 3 N–H and O–H groups in total. The van der Waals surface area contributed by atoms with E-state index in [4.69, 9.17) is 10.5 Å². The van der Waals surface area contributed by atoms with Crippen LogP contribution in [0.3, 0.4) is 0 Å². The maximum Gasteiger partial charge on any atom is 0.262 e. The van der Waals surface area contributed by atoms with Gasteiger partial charge in [0, 0.05) is 11.1 Å². The topological polar surface area (TPSA) is 81.4 Å². The lowest BCUT2D eigenvalue weighted by atomic mass is 9.97. The number of carbonyl (C=O) groups is 2. The van der Waals surface area contributed by atoms with Crippen LogP contribution in [-0.2, 0) is 4.79 Å². The molecule has 0 aliphatic heterocycles. The lowest BCUT2D eigenvalue weighted by molar-refractivity contribution is -0.118. The van der Waals surface area contributed by atoms with E-state index in [0.29, 0.717) is 28.3 Å². The highest BCUT2D eigenvalue weighted by Gasteiger charge is 2.15. The molecule has 0 radical (unpaired) electrons. The zero-order valence-corrected chi connectivity index (χ0v) is 15.9. The Bertz CT molecular complexity index is 1010. The summed E-state index contributed by atoms with van der Waals surface area (Å²) in [5.74, 6) is 0.225. The van der Waals surface area contributed by atoms with E-state index in [1.165, 1.54) is 0 Å². The third-order valence-corrected chi connectivity index (χ3v) is 4.40. The molecule has 5 nitrogen and oxygen atoms in total. The van der Waals surface area contributed by atoms with Crippen molar-refractivity contribution in [3.63, 3.8) is 0 Å². The molecule has 28 heavy (non-hydrogen) atoms. The summed E-state index contributed by atoms with van der Waals surface area (Å²) in [5.41, 5.74) is 9.71. The molecule has 0 aliphatic carbocycles. The summed E-state index contributed by atoms with van der Waals surface area (Å²) < 4.78 is 5.67. The highest BCUT2D eigenvalue weighted by molar-refractivity contribution is 6.10. The van der Waals surface area contributed by atoms with E-state index in [-0.39, 0.29) is 18.3 Å². The molecule has 5 heteroatoms. The van der Waals surface area contributed by atoms with E-state index < -0.39 is 0 Å². The Morgan fingerprint density at radius 1 is 0.929 bits per heavy atom. The Kier molecular flexibility index (Phi) is 5.75. The summed E-state index contributed by atoms with van der Waals surface area (Å²) in [6.07, 6.45) is 0. The molecule has 0 fully saturated rings. The van der Waals surface area contributed by atoms with Crippen molar-refractivity contribution in [2.75, 3.05) is 17.7 Å². The summed E-state index contributed by atoms with van der Waals surface area (Å²) >= 11 is 0. The molecule has 3 rings (SSSR count). The molecule has 0 spiro atoms. The Balaban J connectivity index is 1.70. The minimum Gasteiger partial charge on any atom is -0.483 e. The summed E-state index contributed by atoms with van der Waals surface area (Å²) in [6, 6.07) is 19.8. The van der Waals surface area contributed by atoms with Crippen LogP contribution in [0.15, 0.2) is 66.7 Å². The van der Waals surface area contributed by atoms with Crippen molar-refractivity contribution in [1.29, 1.82) is 0 Å². The summed E-state index contributed by atoms with van der Waals surface area (Å²) in [7, 11) is 0. The Morgan fingerprint density at radius 2 is 1.61 bits per heavy atom. The quantitative estimate of drug-likeness (QED) is 0.502. The van der Waals surface area contributed by atoms with Gasteiger partial charge in [-0.1, -0.05) is 42.5 Å². The van der Waals surface area contributed by atoms with E-state index in [1.807, 2.05) is 32.0 Å². The van der Waals surface area contributed by atoms with Crippen LogP contribution in [0, 0.1) is 13.8 Å². The number of aryl methyl sites for hydroxylation is 2. The largest absolute Gasteiger partial charge is 0.483 e. The fourth-order valence-electron chi connectivity index (χ4n) is 2.88. The summed E-state index contributed by atoms with van der Waals surface area (Å²) in [4.78, 5) is 24.9. The number of nitrogens with one attached hydrogen (secondary N) is 1. The van der Waals surface area contributed by atoms with Crippen molar-refractivity contribution in [2.45, 2.75) is 13.8 Å². The number of nitrogens with two attached hydrogens (primary N) is 1. The van der Waals surface area contributed by atoms with Crippen LogP contribution in [0.2, 0.25) is 0 Å². The van der Waals surface area contributed by atoms with Crippen LogP contribution in [0.5, 0.6) is 5.75 Å². The zero-order chi connectivity index (χ0) is 20.1. The lowest BCUT2D eigenvalue weighted by Gasteiger charge is -2.13. The summed E-state index contributed by atoms with van der Waals surface area (Å²) in [5, 5.41) is 2.72. The first-order chi connectivity index (χ1) is 13.5. The third-order valence-electron chi connectivity index (χ3n) is 4.40. The predicted octanol–water partition coefficient (Wildman–Crippen LogP) is 4.13. The number of benzene rings is 3. The average molecular weight is 374 g/mol. The molecule has 0 saturated heterocycles. The molecule has 0 bridgehead atoms. The van der Waals surface area contributed by atoms with Gasteiger partial charge in [0.1, 0.15) is 5.75 Å². The fraction of sp³-hybridized carbons (Fsp3) is 0.130. The Labute approximate surface area is 164 Å². The van der Waals surface area contributed by atoms with Crippen molar-refractivity contribution < 1.29 is 14.3 Å². The SMILES string of the molecule is Cc1cc(C(=O)c2ccccc2)c(C)cc1OCC(=O)Nc1ccccc1N. The summed E-state index contributed by atoms with van der Waals surface area (Å²) in [6.45, 7) is 3.55. The number of hydrogen-bond acceptors (Lipinski definition) is 4. The molecule has 0 saturated carbocycles. The van der Waals surface area contributed by atoms with Crippen molar-refractivity contribution in [1.82, 2.24) is 0 Å². The van der Waals surface area contributed by atoms with Gasteiger partial charge in [-0.3, -0.25) is 9.59 Å². The third kappa shape index (κ3) is 4.38. The van der Waals surface area contributed by atoms with Gasteiger partial charge in [0.15, 0.2) is 12.4 Å². The lowest BCUT2D eigenvalue weighted by Crippen LogP contribution is -2.21. The van der Waals surface area contributed by atoms with Crippen LogP contribution in [0.25, 0.3) is 0 Å². The predicted molar refractivity (Wildman–Crippen MR) is 111 cm³/mol. The molecule has 0 atom stereocenters. The first-order valence-electron chi connectivity index (χ1n) is 8.94. The molecular formula is C23H22N2O3. The second-order valence-corrected chi connectivity index (χ2v) is 6.55. The molecular weight excluding hydrogens is 352 g/mol. The number of para-hydroxylation sites is 2. The van der Waals surface area contributed by atoms with Crippen LogP contribution >= 0.6 is 0 Å². The second-order valence-electron chi connectivity index (χ2n) is 6.55. The van der Waals surface area contributed by atoms with Crippen LogP contribution in [-0.4, -0.2) is 18.3 Å². The highest BCUT2D eigenvalue weighted by atomic mass is 16.5. The van der Waals surface area contributed by atoms with Gasteiger partial charge in [0.2, 0.25) is 0 Å². The number of nitrogen functional groups attached to an aromatic ring is 1. The molecule has 3 aromatic rings. The normalized spacial score (nSPS) is 10.4. The van der Waals surface area contributed by atoms with Gasteiger partial charge in [-0.15, -0.1) is 0 Å². The van der Waals surface area contributed by atoms with E-state index in [9.17, 15) is 9.59 Å². The van der Waals surface area contributed by atoms with Gasteiger partial charge in [0.25, 0.3) is 5.91 Å². The van der Waals surface area contributed by atoms with Gasteiger partial charge >= 0.3 is 0 Å². The van der Waals surface area contributed by atoms with Crippen LogP contribution < -0.4 is 15.8 Å². The molecule has 3 aromatic carbocycles. The Morgan fingerprint density at radius 3 is 2.32 bits per heavy atom. The van der Waals surface area contributed by atoms with Crippen molar-refractivity contribution >= 4 is 23.1 Å². The number of carbonyl (C=O) groups excluding carboxylic acids is 2. The van der Waals surface area contributed by atoms with E-state index in [2.05, 4.69) is 5.32 Å². The van der Waals surface area contributed by atoms with Gasteiger partial charge in [-0.2, -0.15) is 0 Å². The van der Waals surface area contributed by atoms with Gasteiger partial charge in [-0.05, 0) is 49.2 Å². The molecule has 0 aliphatic rings. The number of anilines is 2. The van der Waals surface area contributed by atoms with Crippen LogP contribution in [0.1, 0.15) is 27.0 Å². The van der Waals surface area contributed by atoms with Crippen LogP contribution in [0.4, 0.5) is 11.4 Å². The van der Waals surface area contributed by atoms with Crippen molar-refractivity contribution in [3.8, 4) is 5.75 Å². The number of rotatable bonds is 6. The Hall–Kier alpha value is -3.60. The van der Waals surface area contributed by atoms with Crippen molar-refractivity contribution in [2.24, 2.45) is 0 Å². The molecule has 0 heterocycles. The first-order valence-corrected chi connectivity index (χ1v) is 8.94. The van der Waals surface area contributed by atoms with E-state index >= 15 is 0 Å². The number of ether oxygens (including phenoxy) is 1. The van der Waals surface area contributed by atoms with Gasteiger partial charge in [-0.25, -0.2) is 0 Å². The van der Waals surface area contributed by atoms with Gasteiger partial charge in [0.05, 0.1) is 11.4 Å². The van der Waals surface area contributed by atoms with E-state index in [1.54, 1.807) is 48.5 Å². The zero-order valence-electron chi connectivity index (χ0n) is 15.9. The molecule has 1 amide bonds. The molecule has 0 unspecified atom stereocenters. The number of hydrogen-bond donors (Lipinski definition) is 2. The maximum absolute atomic E-state index is 12.7. The van der Waals surface area contributed by atoms with Gasteiger partial charge < -0.3 is 15.8 Å². The molecule has 142 valence electrons. The second kappa shape index (κ2) is 8.39. The smallest absolute Gasteiger partial charge is 0.262 e. The average Bonchev–Trinajstić information content (AvgIpc) is 2.70. The maximum atomic E-state index is 12.7. The van der Waals surface area contributed by atoms with Crippen molar-refractivity contribution in [3.05, 3.63) is 89.0 Å². The number of ketones is 1. The monoisotopic (exact) mass is 374 g/mol. The minimum absolute atomic E-state index is 0.0370. The first kappa shape index (κ1) is 19.2.